The van der Waals surface area contributed by atoms with Crippen LogP contribution in [0.25, 0.3) is 0 Å². The highest BCUT2D eigenvalue weighted by atomic mass is 35.5. The van der Waals surface area contributed by atoms with Crippen LogP contribution >= 0.6 is 11.6 Å². The number of carbonyl (C=O) groups is 1. The molecule has 2 aromatic rings. The van der Waals surface area contributed by atoms with Crippen LogP contribution in [-0.4, -0.2) is 48.1 Å². The van der Waals surface area contributed by atoms with E-state index in [1.54, 1.807) is 24.3 Å². The van der Waals surface area contributed by atoms with Gasteiger partial charge in [0.25, 0.3) is 0 Å². The number of aromatic nitrogens is 1. The number of rotatable bonds is 5. The maximum atomic E-state index is 13.1. The van der Waals surface area contributed by atoms with E-state index in [-0.39, 0.29) is 24.3 Å². The van der Waals surface area contributed by atoms with Gasteiger partial charge in [0, 0.05) is 25.5 Å². The van der Waals surface area contributed by atoms with Gasteiger partial charge in [-0.2, -0.15) is 0 Å². The van der Waals surface area contributed by atoms with Gasteiger partial charge in [0.1, 0.15) is 5.69 Å². The van der Waals surface area contributed by atoms with E-state index in [2.05, 4.69) is 15.6 Å². The minimum Gasteiger partial charge on any atom is -0.480 e. The highest BCUT2D eigenvalue weighted by Gasteiger charge is 2.43. The van der Waals surface area contributed by atoms with E-state index in [1.165, 1.54) is 0 Å². The zero-order chi connectivity index (χ0) is 22.0. The summed E-state index contributed by atoms with van der Waals surface area (Å²) < 4.78 is 10.7. The van der Waals surface area contributed by atoms with Crippen LogP contribution in [0.15, 0.2) is 36.5 Å². The van der Waals surface area contributed by atoms with Crippen molar-refractivity contribution in [3.05, 3.63) is 47.1 Å². The van der Waals surface area contributed by atoms with Crippen LogP contribution in [0.2, 0.25) is 5.02 Å². The second-order valence-electron chi connectivity index (χ2n) is 7.94. The highest BCUT2D eigenvalue weighted by Crippen LogP contribution is 2.39. The van der Waals surface area contributed by atoms with Crippen LogP contribution in [0.1, 0.15) is 31.7 Å². The van der Waals surface area contributed by atoms with Crippen LogP contribution in [0.5, 0.6) is 5.88 Å². The van der Waals surface area contributed by atoms with Crippen molar-refractivity contribution in [3.8, 4) is 5.88 Å². The number of methoxy groups -OCH3 is 1. The van der Waals surface area contributed by atoms with E-state index in [0.717, 1.165) is 18.4 Å². The van der Waals surface area contributed by atoms with Crippen molar-refractivity contribution < 1.29 is 14.3 Å². The number of hydrogen-bond acceptors (Lipinski definition) is 6. The van der Waals surface area contributed by atoms with Gasteiger partial charge in [-0.15, -0.1) is 0 Å². The Morgan fingerprint density at radius 1 is 1.29 bits per heavy atom. The summed E-state index contributed by atoms with van der Waals surface area (Å²) >= 11 is 6.78. The molecule has 2 fully saturated rings. The molecule has 1 aromatic heterocycles. The smallest absolute Gasteiger partial charge is 0.237 e. The largest absolute Gasteiger partial charge is 0.480 e. The van der Waals surface area contributed by atoms with Crippen molar-refractivity contribution >= 4 is 34.8 Å². The molecule has 2 aliphatic rings. The van der Waals surface area contributed by atoms with Gasteiger partial charge in [-0.1, -0.05) is 23.7 Å². The molecule has 1 atom stereocenters. The summed E-state index contributed by atoms with van der Waals surface area (Å²) in [5.41, 5.74) is 1.29. The average molecular weight is 444 g/mol. The summed E-state index contributed by atoms with van der Waals surface area (Å²) in [5.74, 6) is 0.477. The van der Waals surface area contributed by atoms with Gasteiger partial charge in [-0.25, -0.2) is 4.98 Å². The van der Waals surface area contributed by atoms with E-state index >= 15 is 0 Å². The van der Waals surface area contributed by atoms with E-state index in [0.29, 0.717) is 35.5 Å². The molecule has 4 rings (SSSR count). The third kappa shape index (κ3) is 4.18. The van der Waals surface area contributed by atoms with Gasteiger partial charge < -0.3 is 20.1 Å². The fourth-order valence-electron chi connectivity index (χ4n) is 4.22. The molecule has 164 valence electrons. The number of nitrogens with zero attached hydrogens (tertiary/aromatic N) is 2. The van der Waals surface area contributed by atoms with Crippen molar-refractivity contribution in [1.82, 2.24) is 15.2 Å². The minimum absolute atomic E-state index is 0.00711. The second-order valence-corrected chi connectivity index (χ2v) is 8.32. The third-order valence-electron chi connectivity index (χ3n) is 5.79. The SMILES string of the molecule is COc1ncccc1Nc1cccc([C@]2(C)CC(=O)N(C3CCOCC3)C(=N)N2)c1Cl. The first-order valence-corrected chi connectivity index (χ1v) is 10.6. The molecule has 3 heterocycles. The average Bonchev–Trinajstić information content (AvgIpc) is 2.75. The van der Waals surface area contributed by atoms with E-state index in [9.17, 15) is 4.79 Å². The number of anilines is 2. The number of ether oxygens (including phenoxy) is 2. The van der Waals surface area contributed by atoms with Crippen LogP contribution < -0.4 is 15.4 Å². The van der Waals surface area contributed by atoms with Gasteiger partial charge in [0.05, 0.1) is 29.8 Å². The van der Waals surface area contributed by atoms with Crippen LogP contribution in [-0.2, 0) is 15.1 Å². The highest BCUT2D eigenvalue weighted by molar-refractivity contribution is 6.34. The number of pyridine rings is 1. The van der Waals surface area contributed by atoms with Crippen molar-refractivity contribution in [1.29, 1.82) is 5.41 Å². The fourth-order valence-corrected chi connectivity index (χ4v) is 4.60. The van der Waals surface area contributed by atoms with Crippen LogP contribution in [0, 0.1) is 5.41 Å². The quantitative estimate of drug-likeness (QED) is 0.652. The maximum Gasteiger partial charge on any atom is 0.237 e. The summed E-state index contributed by atoms with van der Waals surface area (Å²) in [7, 11) is 1.56. The lowest BCUT2D eigenvalue weighted by atomic mass is 9.85. The molecule has 9 heteroatoms. The Morgan fingerprint density at radius 3 is 2.74 bits per heavy atom. The van der Waals surface area contributed by atoms with Gasteiger partial charge in [-0.05, 0) is 43.5 Å². The zero-order valence-corrected chi connectivity index (χ0v) is 18.3. The number of halogens is 1. The molecule has 31 heavy (non-hydrogen) atoms. The second kappa shape index (κ2) is 8.72. The molecular formula is C22H26ClN5O3. The molecule has 0 radical (unpaired) electrons. The molecule has 1 amide bonds. The van der Waals surface area contributed by atoms with Crippen molar-refractivity contribution in [2.75, 3.05) is 25.6 Å². The predicted molar refractivity (Wildman–Crippen MR) is 119 cm³/mol. The van der Waals surface area contributed by atoms with Crippen LogP contribution in [0.4, 0.5) is 11.4 Å². The summed E-state index contributed by atoms with van der Waals surface area (Å²) in [6.45, 7) is 3.11. The van der Waals surface area contributed by atoms with Gasteiger partial charge in [-0.3, -0.25) is 15.1 Å². The number of amides is 1. The lowest BCUT2D eigenvalue weighted by Crippen LogP contribution is -2.62. The summed E-state index contributed by atoms with van der Waals surface area (Å²) in [6, 6.07) is 9.25. The Morgan fingerprint density at radius 2 is 2.03 bits per heavy atom. The third-order valence-corrected chi connectivity index (χ3v) is 6.20. The summed E-state index contributed by atoms with van der Waals surface area (Å²) in [5, 5.41) is 15.5. The molecule has 2 saturated heterocycles. The zero-order valence-electron chi connectivity index (χ0n) is 17.6. The molecule has 2 aliphatic heterocycles. The topological polar surface area (TPSA) is 99.6 Å². The van der Waals surface area contributed by atoms with Crippen molar-refractivity contribution in [2.45, 2.75) is 37.8 Å². The Kier molecular flexibility index (Phi) is 6.02. The minimum atomic E-state index is -0.802. The molecule has 1 aromatic carbocycles. The van der Waals surface area contributed by atoms with Gasteiger partial charge >= 0.3 is 0 Å². The number of guanidine groups is 1. The Labute approximate surface area is 186 Å². The molecule has 0 saturated carbocycles. The van der Waals surface area contributed by atoms with Crippen molar-refractivity contribution in [3.63, 3.8) is 0 Å². The lowest BCUT2D eigenvalue weighted by molar-refractivity contribution is -0.133. The molecular weight excluding hydrogens is 418 g/mol. The Hall–Kier alpha value is -2.84. The molecule has 0 spiro atoms. The van der Waals surface area contributed by atoms with Gasteiger partial charge in [0.2, 0.25) is 11.8 Å². The lowest BCUT2D eigenvalue weighted by Gasteiger charge is -2.45. The Bertz CT molecular complexity index is 975. The summed E-state index contributed by atoms with van der Waals surface area (Å²) in [4.78, 5) is 18.8. The first kappa shape index (κ1) is 21.4. The number of benzene rings is 1. The predicted octanol–water partition coefficient (Wildman–Crippen LogP) is 3.64. The molecule has 0 bridgehead atoms. The molecule has 8 nitrogen and oxygen atoms in total. The fraction of sp³-hybridized carbons (Fsp3) is 0.409. The Balaban J connectivity index is 1.60. The maximum absolute atomic E-state index is 13.1. The van der Waals surface area contributed by atoms with E-state index in [4.69, 9.17) is 26.5 Å². The number of carbonyl (C=O) groups excluding carboxylic acids is 1. The van der Waals surface area contributed by atoms with Crippen molar-refractivity contribution in [2.24, 2.45) is 0 Å². The van der Waals surface area contributed by atoms with E-state index in [1.807, 2.05) is 31.2 Å². The normalized spacial score (nSPS) is 22.2. The molecule has 0 aliphatic carbocycles. The summed E-state index contributed by atoms with van der Waals surface area (Å²) in [6.07, 6.45) is 3.32. The molecule has 3 N–H and O–H groups in total. The van der Waals surface area contributed by atoms with Crippen LogP contribution in [0.3, 0.4) is 0 Å². The first-order valence-electron chi connectivity index (χ1n) is 10.2. The van der Waals surface area contributed by atoms with Gasteiger partial charge in [0.15, 0.2) is 5.96 Å². The standard InChI is InChI=1S/C22H26ClN5O3/c1-22(13-18(29)28(21(24)27-22)14-8-11-31-12-9-14)15-5-3-6-16(19(15)23)26-17-7-4-10-25-20(17)30-2/h3-7,10,14,26H,8-9,11-13H2,1-2H3,(H2,24,27)/t22-/m0/s1. The number of hydrogen-bond donors (Lipinski definition) is 3. The monoisotopic (exact) mass is 443 g/mol. The number of nitrogens with one attached hydrogen (secondary N) is 3. The first-order chi connectivity index (χ1) is 14.9. The molecule has 0 unspecified atom stereocenters. The van der Waals surface area contributed by atoms with E-state index < -0.39 is 5.54 Å².